The van der Waals surface area contributed by atoms with Crippen LogP contribution in [0.3, 0.4) is 0 Å². The molecule has 0 fully saturated rings. The van der Waals surface area contributed by atoms with Crippen molar-refractivity contribution in [2.75, 3.05) is 18.5 Å². The first-order valence-corrected chi connectivity index (χ1v) is 7.66. The van der Waals surface area contributed by atoms with Crippen LogP contribution in [-0.4, -0.2) is 13.2 Å². The minimum atomic E-state index is 0.776. The van der Waals surface area contributed by atoms with E-state index in [0.29, 0.717) is 0 Å². The lowest BCUT2D eigenvalue weighted by Crippen LogP contribution is -2.05. The van der Waals surface area contributed by atoms with Crippen molar-refractivity contribution in [3.63, 3.8) is 0 Å². The zero-order valence-corrected chi connectivity index (χ0v) is 13.3. The van der Waals surface area contributed by atoms with Gasteiger partial charge in [-0.15, -0.1) is 0 Å². The van der Waals surface area contributed by atoms with Gasteiger partial charge >= 0.3 is 0 Å². The summed E-state index contributed by atoms with van der Waals surface area (Å²) in [5.41, 5.74) is 5.12. The first-order chi connectivity index (χ1) is 10.1. The van der Waals surface area contributed by atoms with Crippen LogP contribution in [0.4, 0.5) is 5.69 Å². The number of rotatable bonds is 7. The van der Waals surface area contributed by atoms with Crippen LogP contribution in [0.2, 0.25) is 0 Å². The Morgan fingerprint density at radius 2 is 1.76 bits per heavy atom. The van der Waals surface area contributed by atoms with E-state index in [9.17, 15) is 0 Å². The Hall–Kier alpha value is -1.96. The fourth-order valence-electron chi connectivity index (χ4n) is 2.21. The van der Waals surface area contributed by atoms with E-state index < -0.39 is 0 Å². The Morgan fingerprint density at radius 3 is 2.52 bits per heavy atom. The molecule has 0 atom stereocenters. The molecule has 0 spiro atoms. The quantitative estimate of drug-likeness (QED) is 0.731. The standard InChI is InChI=1S/C19H25NO/c1-15-7-6-8-19(13-15)21-12-5-4-11-20-18-10-9-16(2)17(3)14-18/h6-10,13-14,20H,4-5,11-12H2,1-3H3. The molecule has 0 aliphatic rings. The fraction of sp³-hybridized carbons (Fsp3) is 0.368. The van der Waals surface area contributed by atoms with Crippen LogP contribution in [0, 0.1) is 20.8 Å². The molecule has 0 saturated carbocycles. The molecule has 0 heterocycles. The highest BCUT2D eigenvalue weighted by Gasteiger charge is 1.97. The van der Waals surface area contributed by atoms with Crippen molar-refractivity contribution in [3.05, 3.63) is 59.2 Å². The van der Waals surface area contributed by atoms with Gasteiger partial charge in [0, 0.05) is 12.2 Å². The molecule has 0 bridgehead atoms. The van der Waals surface area contributed by atoms with Gasteiger partial charge in [-0.2, -0.15) is 0 Å². The molecule has 0 saturated heterocycles. The lowest BCUT2D eigenvalue weighted by atomic mass is 10.1. The molecule has 0 unspecified atom stereocenters. The minimum absolute atomic E-state index is 0.776. The van der Waals surface area contributed by atoms with Gasteiger partial charge < -0.3 is 10.1 Å². The molecule has 2 aromatic rings. The third-order valence-electron chi connectivity index (χ3n) is 3.67. The average molecular weight is 283 g/mol. The second-order valence-corrected chi connectivity index (χ2v) is 5.60. The molecule has 1 N–H and O–H groups in total. The van der Waals surface area contributed by atoms with Crippen LogP contribution in [0.5, 0.6) is 5.75 Å². The van der Waals surface area contributed by atoms with Gasteiger partial charge in [0.05, 0.1) is 6.61 Å². The number of benzene rings is 2. The fourth-order valence-corrected chi connectivity index (χ4v) is 2.21. The van der Waals surface area contributed by atoms with Crippen molar-refractivity contribution in [2.45, 2.75) is 33.6 Å². The van der Waals surface area contributed by atoms with Crippen LogP contribution in [0.25, 0.3) is 0 Å². The number of hydrogen-bond donors (Lipinski definition) is 1. The molecule has 2 heteroatoms. The Balaban J connectivity index is 1.63. The van der Waals surface area contributed by atoms with E-state index in [2.05, 4.69) is 56.4 Å². The van der Waals surface area contributed by atoms with E-state index in [-0.39, 0.29) is 0 Å². The Bertz CT molecular complexity index is 578. The van der Waals surface area contributed by atoms with Crippen LogP contribution >= 0.6 is 0 Å². The maximum absolute atomic E-state index is 5.75. The predicted octanol–water partition coefficient (Wildman–Crippen LogP) is 4.88. The van der Waals surface area contributed by atoms with Gasteiger partial charge in [-0.3, -0.25) is 0 Å². The van der Waals surface area contributed by atoms with Crippen molar-refractivity contribution >= 4 is 5.69 Å². The van der Waals surface area contributed by atoms with Crippen molar-refractivity contribution < 1.29 is 4.74 Å². The van der Waals surface area contributed by atoms with Crippen molar-refractivity contribution in [1.29, 1.82) is 0 Å². The maximum atomic E-state index is 5.75. The van der Waals surface area contributed by atoms with Crippen molar-refractivity contribution in [3.8, 4) is 5.75 Å². The monoisotopic (exact) mass is 283 g/mol. The highest BCUT2D eigenvalue weighted by Crippen LogP contribution is 2.15. The Kier molecular flexibility index (Phi) is 5.68. The highest BCUT2D eigenvalue weighted by molar-refractivity contribution is 5.47. The summed E-state index contributed by atoms with van der Waals surface area (Å²) in [5.74, 6) is 0.970. The van der Waals surface area contributed by atoms with Crippen LogP contribution in [-0.2, 0) is 0 Å². The van der Waals surface area contributed by atoms with Crippen molar-refractivity contribution in [2.24, 2.45) is 0 Å². The third-order valence-corrected chi connectivity index (χ3v) is 3.67. The number of anilines is 1. The van der Waals surface area contributed by atoms with Crippen LogP contribution in [0.15, 0.2) is 42.5 Å². The molecule has 2 aromatic carbocycles. The second kappa shape index (κ2) is 7.72. The van der Waals surface area contributed by atoms with E-state index in [0.717, 1.165) is 31.7 Å². The van der Waals surface area contributed by atoms with Gasteiger partial charge in [0.15, 0.2) is 0 Å². The van der Waals surface area contributed by atoms with Gasteiger partial charge in [0.2, 0.25) is 0 Å². The van der Waals surface area contributed by atoms with E-state index in [1.54, 1.807) is 0 Å². The van der Waals surface area contributed by atoms with Crippen LogP contribution in [0.1, 0.15) is 29.5 Å². The van der Waals surface area contributed by atoms with E-state index in [1.165, 1.54) is 22.4 Å². The molecule has 0 amide bonds. The number of nitrogens with one attached hydrogen (secondary N) is 1. The minimum Gasteiger partial charge on any atom is -0.494 e. The first-order valence-electron chi connectivity index (χ1n) is 7.66. The van der Waals surface area contributed by atoms with Crippen LogP contribution < -0.4 is 10.1 Å². The summed E-state index contributed by atoms with van der Waals surface area (Å²) >= 11 is 0. The molecule has 112 valence electrons. The number of hydrogen-bond acceptors (Lipinski definition) is 2. The normalized spacial score (nSPS) is 10.4. The molecule has 0 aliphatic heterocycles. The lowest BCUT2D eigenvalue weighted by Gasteiger charge is -2.09. The smallest absolute Gasteiger partial charge is 0.119 e. The summed E-state index contributed by atoms with van der Waals surface area (Å²) in [5, 5.41) is 3.46. The summed E-state index contributed by atoms with van der Waals surface area (Å²) < 4.78 is 5.75. The molecule has 21 heavy (non-hydrogen) atoms. The Labute approximate surface area is 128 Å². The largest absolute Gasteiger partial charge is 0.494 e. The lowest BCUT2D eigenvalue weighted by molar-refractivity contribution is 0.308. The number of aryl methyl sites for hydroxylation is 3. The average Bonchev–Trinajstić information content (AvgIpc) is 2.46. The van der Waals surface area contributed by atoms with Crippen molar-refractivity contribution in [1.82, 2.24) is 0 Å². The summed E-state index contributed by atoms with van der Waals surface area (Å²) in [6.45, 7) is 8.13. The Morgan fingerprint density at radius 1 is 0.905 bits per heavy atom. The van der Waals surface area contributed by atoms with Gasteiger partial charge in [-0.25, -0.2) is 0 Å². The molecule has 2 nitrogen and oxygen atoms in total. The number of unbranched alkanes of at least 4 members (excludes halogenated alkanes) is 1. The topological polar surface area (TPSA) is 21.3 Å². The molecule has 0 aromatic heterocycles. The zero-order valence-electron chi connectivity index (χ0n) is 13.3. The first kappa shape index (κ1) is 15.4. The third kappa shape index (κ3) is 5.14. The maximum Gasteiger partial charge on any atom is 0.119 e. The van der Waals surface area contributed by atoms with Gasteiger partial charge in [-0.1, -0.05) is 18.2 Å². The highest BCUT2D eigenvalue weighted by atomic mass is 16.5. The van der Waals surface area contributed by atoms with Gasteiger partial charge in [-0.05, 0) is 74.6 Å². The summed E-state index contributed by atoms with van der Waals surface area (Å²) in [4.78, 5) is 0. The molecule has 0 aliphatic carbocycles. The molecular formula is C19H25NO. The van der Waals surface area contributed by atoms with E-state index >= 15 is 0 Å². The second-order valence-electron chi connectivity index (χ2n) is 5.60. The molecule has 0 radical (unpaired) electrons. The molecular weight excluding hydrogens is 258 g/mol. The van der Waals surface area contributed by atoms with E-state index in [4.69, 9.17) is 4.74 Å². The number of ether oxygens (including phenoxy) is 1. The molecule has 2 rings (SSSR count). The van der Waals surface area contributed by atoms with Gasteiger partial charge in [0.25, 0.3) is 0 Å². The van der Waals surface area contributed by atoms with Gasteiger partial charge in [0.1, 0.15) is 5.75 Å². The van der Waals surface area contributed by atoms with E-state index in [1.807, 2.05) is 12.1 Å². The predicted molar refractivity (Wildman–Crippen MR) is 90.3 cm³/mol. The summed E-state index contributed by atoms with van der Waals surface area (Å²) in [6.07, 6.45) is 2.17. The SMILES string of the molecule is Cc1cccc(OCCCCNc2ccc(C)c(C)c2)c1. The summed E-state index contributed by atoms with van der Waals surface area (Å²) in [7, 11) is 0. The summed E-state index contributed by atoms with van der Waals surface area (Å²) in [6, 6.07) is 14.7. The zero-order chi connectivity index (χ0) is 15.1.